The van der Waals surface area contributed by atoms with Crippen LogP contribution in [0.15, 0.2) is 6.07 Å². The molecule has 0 saturated heterocycles. The van der Waals surface area contributed by atoms with E-state index in [9.17, 15) is 0 Å². The smallest absolute Gasteiger partial charge is 0.223 e. The van der Waals surface area contributed by atoms with Gasteiger partial charge in [0.2, 0.25) is 5.95 Å². The first-order chi connectivity index (χ1) is 8.26. The fraction of sp³-hybridized carbons (Fsp3) is 0.636. The van der Waals surface area contributed by atoms with Gasteiger partial charge in [0.15, 0.2) is 0 Å². The molecule has 0 fully saturated rings. The third kappa shape index (κ3) is 5.35. The summed E-state index contributed by atoms with van der Waals surface area (Å²) in [4.78, 5) is 8.10. The number of hydrogen-bond acceptors (Lipinski definition) is 6. The molecule has 0 amide bonds. The first kappa shape index (κ1) is 13.5. The Hall–Kier alpha value is -1.56. The second-order valence-corrected chi connectivity index (χ2v) is 3.64. The van der Waals surface area contributed by atoms with Crippen molar-refractivity contribution in [1.82, 2.24) is 9.97 Å². The Kier molecular flexibility index (Phi) is 6.09. The summed E-state index contributed by atoms with van der Waals surface area (Å²) in [5.74, 6) is 1.71. The highest BCUT2D eigenvalue weighted by molar-refractivity contribution is 5.50. The zero-order valence-corrected chi connectivity index (χ0v) is 10.5. The lowest BCUT2D eigenvalue weighted by Gasteiger charge is -2.08. The lowest BCUT2D eigenvalue weighted by molar-refractivity contribution is 0.134. The van der Waals surface area contributed by atoms with Gasteiger partial charge in [0.05, 0.1) is 0 Å². The largest absolute Gasteiger partial charge is 0.381 e. The zero-order chi connectivity index (χ0) is 12.5. The van der Waals surface area contributed by atoms with Gasteiger partial charge in [0.1, 0.15) is 11.6 Å². The third-order valence-corrected chi connectivity index (χ3v) is 2.12. The molecule has 0 aliphatic heterocycles. The summed E-state index contributed by atoms with van der Waals surface area (Å²) in [5, 5.41) is 6.12. The number of nitrogens with one attached hydrogen (secondary N) is 2. The van der Waals surface area contributed by atoms with E-state index in [0.29, 0.717) is 5.82 Å². The summed E-state index contributed by atoms with van der Waals surface area (Å²) in [6.45, 7) is 4.50. The van der Waals surface area contributed by atoms with Crippen molar-refractivity contribution < 1.29 is 4.74 Å². The van der Waals surface area contributed by atoms with Gasteiger partial charge in [-0.15, -0.1) is 0 Å². The Morgan fingerprint density at radius 3 is 2.76 bits per heavy atom. The fourth-order valence-electron chi connectivity index (χ4n) is 1.32. The number of ether oxygens (including phenoxy) is 1. The van der Waals surface area contributed by atoms with E-state index in [1.54, 1.807) is 7.05 Å². The number of anilines is 3. The van der Waals surface area contributed by atoms with E-state index in [0.717, 1.165) is 38.4 Å². The molecule has 0 aromatic carbocycles. The molecule has 4 N–H and O–H groups in total. The van der Waals surface area contributed by atoms with Gasteiger partial charge in [-0.05, 0) is 12.8 Å². The molecular formula is C11H21N5O. The van der Waals surface area contributed by atoms with Crippen LogP contribution in [0, 0.1) is 0 Å². The summed E-state index contributed by atoms with van der Waals surface area (Å²) in [5.41, 5.74) is 5.58. The number of aromatic nitrogens is 2. The number of nitrogens with zero attached hydrogens (tertiary/aromatic N) is 2. The van der Waals surface area contributed by atoms with E-state index in [-0.39, 0.29) is 5.95 Å². The Morgan fingerprint density at radius 2 is 2.06 bits per heavy atom. The van der Waals surface area contributed by atoms with E-state index in [1.165, 1.54) is 0 Å². The van der Waals surface area contributed by atoms with Gasteiger partial charge >= 0.3 is 0 Å². The van der Waals surface area contributed by atoms with Crippen LogP contribution in [0.4, 0.5) is 17.6 Å². The molecule has 1 aromatic rings. The number of hydrogen-bond donors (Lipinski definition) is 3. The maximum absolute atomic E-state index is 5.58. The summed E-state index contributed by atoms with van der Waals surface area (Å²) in [6, 6.07) is 1.82. The molecule has 0 aliphatic carbocycles. The Labute approximate surface area is 102 Å². The fourth-order valence-corrected chi connectivity index (χ4v) is 1.32. The highest BCUT2D eigenvalue weighted by atomic mass is 16.5. The predicted octanol–water partition coefficient (Wildman–Crippen LogP) is 1.33. The minimum absolute atomic E-state index is 0.265. The molecule has 6 nitrogen and oxygen atoms in total. The molecule has 96 valence electrons. The predicted molar refractivity (Wildman–Crippen MR) is 70.2 cm³/mol. The average Bonchev–Trinajstić information content (AvgIpc) is 2.33. The van der Waals surface area contributed by atoms with Crippen molar-refractivity contribution in [3.8, 4) is 0 Å². The lowest BCUT2D eigenvalue weighted by Crippen LogP contribution is -2.09. The Bertz CT molecular complexity index is 332. The van der Waals surface area contributed by atoms with Gasteiger partial charge in [-0.25, -0.2) is 0 Å². The van der Waals surface area contributed by atoms with E-state index in [1.807, 2.05) is 6.07 Å². The molecule has 1 aromatic heterocycles. The van der Waals surface area contributed by atoms with Crippen molar-refractivity contribution >= 4 is 17.6 Å². The highest BCUT2D eigenvalue weighted by Crippen LogP contribution is 2.11. The summed E-state index contributed by atoms with van der Waals surface area (Å²) in [6.07, 6.45) is 2.00. The summed E-state index contributed by atoms with van der Waals surface area (Å²) < 4.78 is 5.38. The number of rotatable bonds is 8. The molecule has 1 heterocycles. The topological polar surface area (TPSA) is 85.1 Å². The Balaban J connectivity index is 2.28. The molecule has 0 spiro atoms. The second-order valence-electron chi connectivity index (χ2n) is 3.64. The average molecular weight is 239 g/mol. The van der Waals surface area contributed by atoms with E-state index in [4.69, 9.17) is 10.5 Å². The molecule has 0 radical (unpaired) electrons. The van der Waals surface area contributed by atoms with Crippen molar-refractivity contribution in [3.05, 3.63) is 6.07 Å². The molecule has 0 unspecified atom stereocenters. The van der Waals surface area contributed by atoms with Gasteiger partial charge in [-0.3, -0.25) is 0 Å². The minimum atomic E-state index is 0.265. The number of nitrogens with two attached hydrogens (primary N) is 1. The second kappa shape index (κ2) is 7.67. The first-order valence-electron chi connectivity index (χ1n) is 5.90. The van der Waals surface area contributed by atoms with E-state index >= 15 is 0 Å². The van der Waals surface area contributed by atoms with Crippen molar-refractivity contribution in [1.29, 1.82) is 0 Å². The molecular weight excluding hydrogens is 218 g/mol. The van der Waals surface area contributed by atoms with E-state index < -0.39 is 0 Å². The molecule has 0 saturated carbocycles. The van der Waals surface area contributed by atoms with Gasteiger partial charge < -0.3 is 21.1 Å². The normalized spacial score (nSPS) is 10.2. The van der Waals surface area contributed by atoms with Crippen LogP contribution in [-0.4, -0.2) is 36.8 Å². The van der Waals surface area contributed by atoms with Crippen LogP contribution >= 0.6 is 0 Å². The molecule has 17 heavy (non-hydrogen) atoms. The maximum Gasteiger partial charge on any atom is 0.223 e. The zero-order valence-electron chi connectivity index (χ0n) is 10.5. The van der Waals surface area contributed by atoms with Crippen LogP contribution in [0.2, 0.25) is 0 Å². The van der Waals surface area contributed by atoms with Crippen LogP contribution in [0.25, 0.3) is 0 Å². The minimum Gasteiger partial charge on any atom is -0.381 e. The van der Waals surface area contributed by atoms with Crippen molar-refractivity contribution in [2.45, 2.75) is 19.8 Å². The van der Waals surface area contributed by atoms with Crippen molar-refractivity contribution in [2.75, 3.05) is 43.2 Å². The summed E-state index contributed by atoms with van der Waals surface area (Å²) >= 11 is 0. The van der Waals surface area contributed by atoms with Crippen molar-refractivity contribution in [2.24, 2.45) is 0 Å². The molecule has 0 atom stereocenters. The molecule has 0 aliphatic rings. The Morgan fingerprint density at radius 1 is 1.29 bits per heavy atom. The standard InChI is InChI=1S/C11H21N5O/c1-3-6-17-7-4-5-14-10-8-9(13-2)15-11(12)16-10/h8H,3-7H2,1-2H3,(H4,12,13,14,15,16). The monoisotopic (exact) mass is 239 g/mol. The lowest BCUT2D eigenvalue weighted by atomic mass is 10.4. The van der Waals surface area contributed by atoms with Gasteiger partial charge in [0, 0.05) is 32.9 Å². The van der Waals surface area contributed by atoms with Crippen LogP contribution in [0.5, 0.6) is 0 Å². The van der Waals surface area contributed by atoms with Gasteiger partial charge in [-0.1, -0.05) is 6.92 Å². The van der Waals surface area contributed by atoms with Crippen LogP contribution < -0.4 is 16.4 Å². The van der Waals surface area contributed by atoms with Crippen LogP contribution in [0.1, 0.15) is 19.8 Å². The van der Waals surface area contributed by atoms with Gasteiger partial charge in [0.25, 0.3) is 0 Å². The first-order valence-corrected chi connectivity index (χ1v) is 5.90. The van der Waals surface area contributed by atoms with Crippen LogP contribution in [0.3, 0.4) is 0 Å². The third-order valence-electron chi connectivity index (χ3n) is 2.12. The van der Waals surface area contributed by atoms with Crippen molar-refractivity contribution in [3.63, 3.8) is 0 Å². The quantitative estimate of drug-likeness (QED) is 0.593. The summed E-state index contributed by atoms with van der Waals surface area (Å²) in [7, 11) is 1.80. The SMILES string of the molecule is CCCOCCCNc1cc(NC)nc(N)n1. The molecule has 1 rings (SSSR count). The maximum atomic E-state index is 5.58. The number of nitrogen functional groups attached to an aromatic ring is 1. The highest BCUT2D eigenvalue weighted by Gasteiger charge is 2.00. The molecule has 6 heteroatoms. The van der Waals surface area contributed by atoms with Gasteiger partial charge in [-0.2, -0.15) is 9.97 Å². The van der Waals surface area contributed by atoms with Crippen LogP contribution in [-0.2, 0) is 4.74 Å². The van der Waals surface area contributed by atoms with E-state index in [2.05, 4.69) is 27.5 Å². The molecule has 0 bridgehead atoms.